The quantitative estimate of drug-likeness (QED) is 0.845. The third-order valence-electron chi connectivity index (χ3n) is 4.36. The van der Waals surface area contributed by atoms with Crippen molar-refractivity contribution >= 4 is 5.91 Å². The number of carbonyl (C=O) groups is 1. The van der Waals surface area contributed by atoms with Crippen molar-refractivity contribution < 1.29 is 9.90 Å². The maximum absolute atomic E-state index is 12.0. The highest BCUT2D eigenvalue weighted by molar-refractivity contribution is 5.76. The molecule has 0 aliphatic heterocycles. The van der Waals surface area contributed by atoms with E-state index in [0.717, 1.165) is 38.5 Å². The molecule has 3 nitrogen and oxygen atoms in total. The average molecular weight is 289 g/mol. The summed E-state index contributed by atoms with van der Waals surface area (Å²) in [6.07, 6.45) is 5.96. The molecular weight excluding hydrogens is 262 g/mol. The van der Waals surface area contributed by atoms with Gasteiger partial charge in [0.05, 0.1) is 6.10 Å². The zero-order chi connectivity index (χ0) is 15.1. The third-order valence-corrected chi connectivity index (χ3v) is 4.36. The summed E-state index contributed by atoms with van der Waals surface area (Å²) in [5, 5.41) is 12.6. The van der Waals surface area contributed by atoms with Crippen LogP contribution < -0.4 is 5.32 Å². The molecule has 1 saturated carbocycles. The molecule has 2 rings (SSSR count). The molecule has 0 aromatic heterocycles. The Balaban J connectivity index is 1.65. The lowest BCUT2D eigenvalue weighted by Crippen LogP contribution is -2.39. The van der Waals surface area contributed by atoms with E-state index in [1.807, 2.05) is 6.07 Å². The fourth-order valence-electron chi connectivity index (χ4n) is 2.98. The number of nitrogens with one attached hydrogen (secondary N) is 1. The first-order valence-electron chi connectivity index (χ1n) is 8.15. The first kappa shape index (κ1) is 16.0. The third kappa shape index (κ3) is 5.88. The van der Waals surface area contributed by atoms with Crippen molar-refractivity contribution in [1.29, 1.82) is 0 Å². The summed E-state index contributed by atoms with van der Waals surface area (Å²) < 4.78 is 0. The lowest BCUT2D eigenvalue weighted by molar-refractivity contribution is -0.123. The molecule has 116 valence electrons. The van der Waals surface area contributed by atoms with E-state index in [2.05, 4.69) is 36.5 Å². The molecule has 1 amide bonds. The van der Waals surface area contributed by atoms with Crippen molar-refractivity contribution in [3.8, 4) is 0 Å². The Kier molecular flexibility index (Phi) is 6.24. The lowest BCUT2D eigenvalue weighted by Gasteiger charge is -2.26. The number of rotatable bonds is 6. The van der Waals surface area contributed by atoms with Crippen LogP contribution in [0.2, 0.25) is 0 Å². The van der Waals surface area contributed by atoms with Crippen LogP contribution in [0.3, 0.4) is 0 Å². The fourth-order valence-corrected chi connectivity index (χ4v) is 2.98. The molecule has 2 N–H and O–H groups in total. The number of hydrogen-bond acceptors (Lipinski definition) is 2. The van der Waals surface area contributed by atoms with Crippen molar-refractivity contribution in [2.75, 3.05) is 0 Å². The zero-order valence-corrected chi connectivity index (χ0v) is 12.9. The highest BCUT2D eigenvalue weighted by Crippen LogP contribution is 2.19. The molecule has 1 aromatic carbocycles. The Morgan fingerprint density at radius 3 is 2.57 bits per heavy atom. The van der Waals surface area contributed by atoms with Crippen LogP contribution in [0.5, 0.6) is 0 Å². The molecular formula is C18H27NO2. The summed E-state index contributed by atoms with van der Waals surface area (Å²) >= 11 is 0. The SMILES string of the molecule is CC(CCc1ccccc1)CC(=O)NC1CCC(O)CC1. The van der Waals surface area contributed by atoms with E-state index >= 15 is 0 Å². The number of carbonyl (C=O) groups excluding carboxylic acids is 1. The highest BCUT2D eigenvalue weighted by Gasteiger charge is 2.21. The second-order valence-electron chi connectivity index (χ2n) is 6.41. The van der Waals surface area contributed by atoms with E-state index < -0.39 is 0 Å². The monoisotopic (exact) mass is 289 g/mol. The molecule has 3 heteroatoms. The van der Waals surface area contributed by atoms with Gasteiger partial charge in [0.1, 0.15) is 0 Å². The van der Waals surface area contributed by atoms with Gasteiger partial charge in [-0.1, -0.05) is 37.3 Å². The Morgan fingerprint density at radius 2 is 1.90 bits per heavy atom. The van der Waals surface area contributed by atoms with E-state index in [9.17, 15) is 9.90 Å². The van der Waals surface area contributed by atoms with Gasteiger partial charge >= 0.3 is 0 Å². The molecule has 0 spiro atoms. The minimum absolute atomic E-state index is 0.164. The first-order valence-corrected chi connectivity index (χ1v) is 8.15. The van der Waals surface area contributed by atoms with E-state index in [4.69, 9.17) is 0 Å². The van der Waals surface area contributed by atoms with Crippen LogP contribution in [0.4, 0.5) is 0 Å². The van der Waals surface area contributed by atoms with Crippen molar-refractivity contribution in [1.82, 2.24) is 5.32 Å². The van der Waals surface area contributed by atoms with Crippen LogP contribution in [0, 0.1) is 5.92 Å². The van der Waals surface area contributed by atoms with Gasteiger partial charge in [0.2, 0.25) is 5.91 Å². The standard InChI is InChI=1S/C18H27NO2/c1-14(7-8-15-5-3-2-4-6-15)13-18(21)19-16-9-11-17(20)12-10-16/h2-6,14,16-17,20H,7-13H2,1H3,(H,19,21). The predicted octanol–water partition coefficient (Wildman–Crippen LogP) is 3.07. The molecule has 1 aliphatic carbocycles. The molecule has 0 heterocycles. The summed E-state index contributed by atoms with van der Waals surface area (Å²) in [5.74, 6) is 0.566. The average Bonchev–Trinajstić information content (AvgIpc) is 2.48. The Bertz CT molecular complexity index is 424. The van der Waals surface area contributed by atoms with Crippen LogP contribution >= 0.6 is 0 Å². The molecule has 1 fully saturated rings. The van der Waals surface area contributed by atoms with Crippen LogP contribution in [-0.4, -0.2) is 23.2 Å². The van der Waals surface area contributed by atoms with E-state index in [-0.39, 0.29) is 18.1 Å². The van der Waals surface area contributed by atoms with Crippen LogP contribution in [0.1, 0.15) is 51.0 Å². The minimum Gasteiger partial charge on any atom is -0.393 e. The summed E-state index contributed by atoms with van der Waals surface area (Å²) in [6.45, 7) is 2.15. The molecule has 1 aromatic rings. The number of aliphatic hydroxyl groups excluding tert-OH is 1. The molecule has 1 atom stereocenters. The Labute approximate surface area is 127 Å². The predicted molar refractivity (Wildman–Crippen MR) is 84.9 cm³/mol. The van der Waals surface area contributed by atoms with Gasteiger partial charge in [-0.15, -0.1) is 0 Å². The van der Waals surface area contributed by atoms with E-state index in [1.165, 1.54) is 5.56 Å². The van der Waals surface area contributed by atoms with Gasteiger partial charge in [-0.2, -0.15) is 0 Å². The number of benzene rings is 1. The fraction of sp³-hybridized carbons (Fsp3) is 0.611. The molecule has 0 bridgehead atoms. The number of aliphatic hydroxyl groups is 1. The normalized spacial score (nSPS) is 23.5. The molecule has 21 heavy (non-hydrogen) atoms. The minimum atomic E-state index is -0.164. The summed E-state index contributed by atoms with van der Waals surface area (Å²) in [7, 11) is 0. The van der Waals surface area contributed by atoms with Gasteiger partial charge in [-0.3, -0.25) is 4.79 Å². The van der Waals surface area contributed by atoms with Gasteiger partial charge in [-0.25, -0.2) is 0 Å². The largest absolute Gasteiger partial charge is 0.393 e. The molecule has 0 radical (unpaired) electrons. The number of aryl methyl sites for hydroxylation is 1. The van der Waals surface area contributed by atoms with Crippen LogP contribution in [-0.2, 0) is 11.2 Å². The van der Waals surface area contributed by atoms with Gasteiger partial charge in [0, 0.05) is 12.5 Å². The summed E-state index contributed by atoms with van der Waals surface area (Å²) in [6, 6.07) is 10.7. The number of hydrogen-bond donors (Lipinski definition) is 2. The maximum atomic E-state index is 12.0. The van der Waals surface area contributed by atoms with Gasteiger partial charge in [0.15, 0.2) is 0 Å². The lowest BCUT2D eigenvalue weighted by atomic mass is 9.92. The smallest absolute Gasteiger partial charge is 0.220 e. The van der Waals surface area contributed by atoms with Gasteiger partial charge in [-0.05, 0) is 50.0 Å². The maximum Gasteiger partial charge on any atom is 0.220 e. The second-order valence-corrected chi connectivity index (χ2v) is 6.41. The number of amides is 1. The zero-order valence-electron chi connectivity index (χ0n) is 12.9. The van der Waals surface area contributed by atoms with Crippen molar-refractivity contribution in [3.05, 3.63) is 35.9 Å². The van der Waals surface area contributed by atoms with Crippen molar-refractivity contribution in [2.45, 2.75) is 64.0 Å². The second kappa shape index (κ2) is 8.18. The van der Waals surface area contributed by atoms with E-state index in [1.54, 1.807) is 0 Å². The molecule has 1 aliphatic rings. The van der Waals surface area contributed by atoms with Crippen molar-refractivity contribution in [2.24, 2.45) is 5.92 Å². The summed E-state index contributed by atoms with van der Waals surface area (Å²) in [5.41, 5.74) is 1.34. The van der Waals surface area contributed by atoms with Gasteiger partial charge in [0.25, 0.3) is 0 Å². The Hall–Kier alpha value is -1.35. The highest BCUT2D eigenvalue weighted by atomic mass is 16.3. The summed E-state index contributed by atoms with van der Waals surface area (Å²) in [4.78, 5) is 12.0. The molecule has 0 saturated heterocycles. The topological polar surface area (TPSA) is 49.3 Å². The van der Waals surface area contributed by atoms with Crippen LogP contribution in [0.15, 0.2) is 30.3 Å². The van der Waals surface area contributed by atoms with Gasteiger partial charge < -0.3 is 10.4 Å². The van der Waals surface area contributed by atoms with E-state index in [0.29, 0.717) is 12.3 Å². The van der Waals surface area contributed by atoms with Crippen LogP contribution in [0.25, 0.3) is 0 Å². The van der Waals surface area contributed by atoms with Crippen molar-refractivity contribution in [3.63, 3.8) is 0 Å². The molecule has 1 unspecified atom stereocenters. The first-order chi connectivity index (χ1) is 10.1. The Morgan fingerprint density at radius 1 is 1.24 bits per heavy atom.